The van der Waals surface area contributed by atoms with Crippen molar-refractivity contribution < 1.29 is 22.6 Å². The first-order valence-corrected chi connectivity index (χ1v) is 10.6. The number of anilines is 1. The van der Waals surface area contributed by atoms with Crippen molar-refractivity contribution in [3.63, 3.8) is 0 Å². The summed E-state index contributed by atoms with van der Waals surface area (Å²) in [5, 5.41) is 3.30. The summed E-state index contributed by atoms with van der Waals surface area (Å²) in [6.45, 7) is 5.30. The van der Waals surface area contributed by atoms with Crippen LogP contribution in [0, 0.1) is 5.92 Å². The summed E-state index contributed by atoms with van der Waals surface area (Å²) < 4.78 is 52.2. The minimum absolute atomic E-state index is 0.0299. The van der Waals surface area contributed by atoms with Gasteiger partial charge in [-0.3, -0.25) is 0 Å². The molecule has 1 aromatic heterocycles. The first-order valence-electron chi connectivity index (χ1n) is 10.6. The van der Waals surface area contributed by atoms with Crippen LogP contribution in [0.4, 0.5) is 19.0 Å². The summed E-state index contributed by atoms with van der Waals surface area (Å²) in [4.78, 5) is 4.30. The van der Waals surface area contributed by atoms with E-state index in [0.29, 0.717) is 30.0 Å². The zero-order valence-electron chi connectivity index (χ0n) is 17.9. The number of hydrogen-bond acceptors (Lipinski definition) is 5. The van der Waals surface area contributed by atoms with Crippen LogP contribution in [0.2, 0.25) is 0 Å². The van der Waals surface area contributed by atoms with E-state index in [-0.39, 0.29) is 30.4 Å². The Morgan fingerprint density at radius 1 is 1.23 bits per heavy atom. The first kappa shape index (κ1) is 23.3. The van der Waals surface area contributed by atoms with E-state index >= 15 is 0 Å². The van der Waals surface area contributed by atoms with Gasteiger partial charge in [-0.05, 0) is 67.5 Å². The van der Waals surface area contributed by atoms with E-state index in [0.717, 1.165) is 25.5 Å². The number of nitrogens with one attached hydrogen (secondary N) is 1. The number of nitrogens with two attached hydrogens (primary N) is 1. The van der Waals surface area contributed by atoms with Gasteiger partial charge in [0.05, 0.1) is 24.8 Å². The van der Waals surface area contributed by atoms with Crippen LogP contribution in [0.15, 0.2) is 36.5 Å². The highest BCUT2D eigenvalue weighted by Crippen LogP contribution is 2.39. The fraction of sp³-hybridized carbons (Fsp3) is 0.522. The number of alkyl halides is 3. The monoisotopic (exact) mass is 437 g/mol. The Morgan fingerprint density at radius 3 is 2.68 bits per heavy atom. The maximum Gasteiger partial charge on any atom is 0.419 e. The van der Waals surface area contributed by atoms with Gasteiger partial charge in [0, 0.05) is 18.8 Å². The predicted octanol–water partition coefficient (Wildman–Crippen LogP) is 5.11. The smallest absolute Gasteiger partial charge is 0.419 e. The number of rotatable bonds is 8. The summed E-state index contributed by atoms with van der Waals surface area (Å²) in [6, 6.07) is 7.74. The van der Waals surface area contributed by atoms with E-state index in [2.05, 4.69) is 10.3 Å². The van der Waals surface area contributed by atoms with Gasteiger partial charge in [-0.15, -0.1) is 0 Å². The third-order valence-electron chi connectivity index (χ3n) is 5.19. The molecule has 3 rings (SSSR count). The Kier molecular flexibility index (Phi) is 7.78. The molecule has 8 heteroatoms. The maximum absolute atomic E-state index is 13.7. The number of ether oxygens (including phenoxy) is 2. The molecule has 1 fully saturated rings. The Hall–Kier alpha value is -2.32. The van der Waals surface area contributed by atoms with E-state index in [4.69, 9.17) is 15.2 Å². The summed E-state index contributed by atoms with van der Waals surface area (Å²) in [7, 11) is 0. The lowest BCUT2D eigenvalue weighted by Gasteiger charge is -2.23. The number of halogens is 3. The molecule has 0 amide bonds. The molecule has 0 aliphatic carbocycles. The third kappa shape index (κ3) is 6.83. The van der Waals surface area contributed by atoms with Gasteiger partial charge in [0.1, 0.15) is 11.6 Å². The van der Waals surface area contributed by atoms with E-state index < -0.39 is 11.7 Å². The van der Waals surface area contributed by atoms with Crippen molar-refractivity contribution in [2.45, 2.75) is 51.4 Å². The fourth-order valence-corrected chi connectivity index (χ4v) is 3.74. The summed E-state index contributed by atoms with van der Waals surface area (Å²) in [5.41, 5.74) is 6.08. The topological polar surface area (TPSA) is 69.4 Å². The number of benzene rings is 1. The first-order chi connectivity index (χ1) is 14.7. The quantitative estimate of drug-likeness (QED) is 0.601. The van der Waals surface area contributed by atoms with Crippen LogP contribution in [-0.4, -0.2) is 36.9 Å². The second kappa shape index (κ2) is 10.3. The zero-order chi connectivity index (χ0) is 22.4. The Labute approximate surface area is 181 Å². The van der Waals surface area contributed by atoms with Gasteiger partial charge in [0.2, 0.25) is 0 Å². The highest BCUT2D eigenvalue weighted by molar-refractivity contribution is 5.68. The number of nitrogens with zero attached hydrogens (tertiary/aromatic N) is 1. The van der Waals surface area contributed by atoms with Crippen LogP contribution in [-0.2, 0) is 10.9 Å². The van der Waals surface area contributed by atoms with Crippen molar-refractivity contribution >= 4 is 5.82 Å². The molecular formula is C23H30F3N3O2. The van der Waals surface area contributed by atoms with Crippen molar-refractivity contribution in [2.24, 2.45) is 11.7 Å². The Bertz CT molecular complexity index is 852. The lowest BCUT2D eigenvalue weighted by atomic mass is 10.0. The van der Waals surface area contributed by atoms with E-state index in [1.165, 1.54) is 6.07 Å². The summed E-state index contributed by atoms with van der Waals surface area (Å²) in [5.74, 6) is 0.504. The van der Waals surface area contributed by atoms with Crippen molar-refractivity contribution in [1.29, 1.82) is 0 Å². The molecule has 1 aromatic carbocycles. The molecule has 0 bridgehead atoms. The predicted molar refractivity (Wildman–Crippen MR) is 115 cm³/mol. The molecule has 170 valence electrons. The van der Waals surface area contributed by atoms with Crippen molar-refractivity contribution in [2.75, 3.05) is 25.1 Å². The fourth-order valence-electron chi connectivity index (χ4n) is 3.74. The van der Waals surface area contributed by atoms with Crippen molar-refractivity contribution in [3.8, 4) is 16.9 Å². The van der Waals surface area contributed by atoms with Gasteiger partial charge >= 0.3 is 6.18 Å². The largest absolute Gasteiger partial charge is 0.493 e. The van der Waals surface area contributed by atoms with E-state index in [1.54, 1.807) is 24.4 Å². The molecule has 0 spiro atoms. The summed E-state index contributed by atoms with van der Waals surface area (Å²) in [6.07, 6.45) is -0.315. The van der Waals surface area contributed by atoms with Crippen LogP contribution in [0.5, 0.6) is 5.75 Å². The molecule has 31 heavy (non-hydrogen) atoms. The molecule has 2 aromatic rings. The van der Waals surface area contributed by atoms with E-state index in [1.807, 2.05) is 13.8 Å². The van der Waals surface area contributed by atoms with Gasteiger partial charge in [-0.25, -0.2) is 4.98 Å². The number of hydrogen-bond donors (Lipinski definition) is 2. The Morgan fingerprint density at radius 2 is 2.00 bits per heavy atom. The molecule has 2 heterocycles. The molecule has 1 saturated heterocycles. The zero-order valence-corrected chi connectivity index (χ0v) is 17.9. The minimum Gasteiger partial charge on any atom is -0.493 e. The van der Waals surface area contributed by atoms with Crippen LogP contribution in [0.1, 0.15) is 38.7 Å². The van der Waals surface area contributed by atoms with Crippen LogP contribution in [0.3, 0.4) is 0 Å². The van der Waals surface area contributed by atoms with Gasteiger partial charge in [-0.2, -0.15) is 13.2 Å². The van der Waals surface area contributed by atoms with Crippen molar-refractivity contribution in [3.05, 3.63) is 42.1 Å². The second-order valence-electron chi connectivity index (χ2n) is 8.33. The minimum atomic E-state index is -4.52. The second-order valence-corrected chi connectivity index (χ2v) is 8.33. The van der Waals surface area contributed by atoms with Crippen LogP contribution >= 0.6 is 0 Å². The van der Waals surface area contributed by atoms with Gasteiger partial charge < -0.3 is 20.5 Å². The standard InChI is InChI=1S/C23H30F3N3O2/c1-15(10-16(2)27)13-31-21-6-5-17(11-20(21)23(24,25)26)18-7-8-28-22(12-18)29-19-4-3-9-30-14-19/h5-8,11-12,15-16,19H,3-4,9-10,13-14,27H2,1-2H3,(H,28,29). The molecule has 0 saturated carbocycles. The molecular weight excluding hydrogens is 407 g/mol. The SMILES string of the molecule is CC(N)CC(C)COc1ccc(-c2ccnc(NC3CCCOC3)c2)cc1C(F)(F)F. The number of pyridine rings is 1. The highest BCUT2D eigenvalue weighted by atomic mass is 19.4. The van der Waals surface area contributed by atoms with Gasteiger partial charge in [-0.1, -0.05) is 13.0 Å². The van der Waals surface area contributed by atoms with Gasteiger partial charge in [0.15, 0.2) is 0 Å². The van der Waals surface area contributed by atoms with Crippen LogP contribution in [0.25, 0.3) is 11.1 Å². The van der Waals surface area contributed by atoms with Gasteiger partial charge in [0.25, 0.3) is 0 Å². The number of aromatic nitrogens is 1. The molecule has 3 unspecified atom stereocenters. The lowest BCUT2D eigenvalue weighted by Crippen LogP contribution is -2.30. The summed E-state index contributed by atoms with van der Waals surface area (Å²) >= 11 is 0. The molecule has 1 aliphatic rings. The van der Waals surface area contributed by atoms with Crippen LogP contribution < -0.4 is 15.8 Å². The molecule has 3 N–H and O–H groups in total. The average Bonchev–Trinajstić information content (AvgIpc) is 2.72. The molecule has 5 nitrogen and oxygen atoms in total. The normalized spacial score (nSPS) is 19.0. The average molecular weight is 438 g/mol. The lowest BCUT2D eigenvalue weighted by molar-refractivity contribution is -0.139. The van der Waals surface area contributed by atoms with E-state index in [9.17, 15) is 13.2 Å². The third-order valence-corrected chi connectivity index (χ3v) is 5.19. The maximum atomic E-state index is 13.7. The molecule has 0 radical (unpaired) electrons. The Balaban J connectivity index is 1.79. The molecule has 3 atom stereocenters. The highest BCUT2D eigenvalue weighted by Gasteiger charge is 2.35. The van der Waals surface area contributed by atoms with Crippen molar-refractivity contribution in [1.82, 2.24) is 4.98 Å². The molecule has 1 aliphatic heterocycles.